The molecule has 0 aromatic carbocycles. The summed E-state index contributed by atoms with van der Waals surface area (Å²) in [5.74, 6) is 1.06. The molecule has 0 radical (unpaired) electrons. The highest BCUT2D eigenvalue weighted by atomic mass is 16.5. The fourth-order valence-corrected chi connectivity index (χ4v) is 3.68. The zero-order valence-electron chi connectivity index (χ0n) is 14.6. The van der Waals surface area contributed by atoms with Gasteiger partial charge in [-0.3, -0.25) is 4.90 Å². The molecule has 1 aliphatic carbocycles. The van der Waals surface area contributed by atoms with Gasteiger partial charge in [-0.25, -0.2) is 9.78 Å². The summed E-state index contributed by atoms with van der Waals surface area (Å²) in [6.45, 7) is 5.54. The van der Waals surface area contributed by atoms with Gasteiger partial charge in [0.05, 0.1) is 25.9 Å². The van der Waals surface area contributed by atoms with Gasteiger partial charge in [0.15, 0.2) is 0 Å². The first-order valence-corrected chi connectivity index (χ1v) is 9.24. The molecule has 2 aliphatic heterocycles. The van der Waals surface area contributed by atoms with Crippen molar-refractivity contribution in [1.29, 1.82) is 0 Å². The number of morpholine rings is 1. The third kappa shape index (κ3) is 3.96. The third-order valence-electron chi connectivity index (χ3n) is 5.19. The van der Waals surface area contributed by atoms with E-state index in [4.69, 9.17) is 4.74 Å². The van der Waals surface area contributed by atoms with E-state index in [1.165, 1.54) is 12.8 Å². The van der Waals surface area contributed by atoms with Crippen molar-refractivity contribution in [3.05, 3.63) is 18.2 Å². The number of ether oxygens (including phenoxy) is 1. The number of imidazole rings is 1. The Morgan fingerprint density at radius 3 is 2.72 bits per heavy atom. The molecule has 1 aromatic heterocycles. The van der Waals surface area contributed by atoms with Crippen LogP contribution in [0.1, 0.15) is 24.7 Å². The number of amides is 2. The Labute approximate surface area is 148 Å². The van der Waals surface area contributed by atoms with Gasteiger partial charge in [0.1, 0.15) is 5.82 Å². The minimum absolute atomic E-state index is 0.0173. The number of rotatable bonds is 3. The Balaban J connectivity index is 1.37. The molecule has 1 aromatic rings. The van der Waals surface area contributed by atoms with Crippen LogP contribution in [0, 0.1) is 0 Å². The monoisotopic (exact) mass is 349 g/mol. The predicted octanol–water partition coefficient (Wildman–Crippen LogP) is 0.149. The van der Waals surface area contributed by atoms with Crippen LogP contribution in [-0.4, -0.2) is 94.0 Å². The fraction of sp³-hybridized carbons (Fsp3) is 0.765. The Bertz CT molecular complexity index is 597. The first kappa shape index (κ1) is 16.8. The number of β-amino-alcohol motifs (C(OH)–C–C–N with tert-alkyl or cyclic N) is 1. The van der Waals surface area contributed by atoms with E-state index >= 15 is 0 Å². The SMILES string of the molecule is O=C(N1CCOCC1)N1CCN(Cc2nccn2C2CC2)C[C@@H](O)C1. The van der Waals surface area contributed by atoms with E-state index in [1.54, 1.807) is 4.90 Å². The van der Waals surface area contributed by atoms with Crippen molar-refractivity contribution >= 4 is 6.03 Å². The minimum atomic E-state index is -0.531. The first-order valence-electron chi connectivity index (χ1n) is 9.24. The molecule has 1 N–H and O–H groups in total. The van der Waals surface area contributed by atoms with E-state index in [0.29, 0.717) is 52.0 Å². The highest BCUT2D eigenvalue weighted by molar-refractivity contribution is 5.74. The average Bonchev–Trinajstić information content (AvgIpc) is 3.40. The molecule has 3 fully saturated rings. The molecule has 0 spiro atoms. The van der Waals surface area contributed by atoms with Gasteiger partial charge in [-0.05, 0) is 12.8 Å². The molecule has 138 valence electrons. The number of aromatic nitrogens is 2. The van der Waals surface area contributed by atoms with E-state index < -0.39 is 6.10 Å². The maximum Gasteiger partial charge on any atom is 0.320 e. The number of carbonyl (C=O) groups excluding carboxylic acids is 1. The largest absolute Gasteiger partial charge is 0.390 e. The summed E-state index contributed by atoms with van der Waals surface area (Å²) in [4.78, 5) is 23.0. The van der Waals surface area contributed by atoms with Crippen molar-refractivity contribution in [2.75, 3.05) is 52.5 Å². The molecule has 1 atom stereocenters. The van der Waals surface area contributed by atoms with Crippen molar-refractivity contribution in [3.8, 4) is 0 Å². The summed E-state index contributed by atoms with van der Waals surface area (Å²) in [5.41, 5.74) is 0. The number of aliphatic hydroxyl groups is 1. The fourth-order valence-electron chi connectivity index (χ4n) is 3.68. The summed E-state index contributed by atoms with van der Waals surface area (Å²) >= 11 is 0. The molecule has 2 amide bonds. The Morgan fingerprint density at radius 2 is 1.96 bits per heavy atom. The van der Waals surface area contributed by atoms with Gasteiger partial charge in [-0.15, -0.1) is 0 Å². The third-order valence-corrected chi connectivity index (χ3v) is 5.19. The maximum absolute atomic E-state index is 12.7. The van der Waals surface area contributed by atoms with Gasteiger partial charge >= 0.3 is 6.03 Å². The van der Waals surface area contributed by atoms with E-state index in [2.05, 4.69) is 20.6 Å². The Hall–Kier alpha value is -1.64. The molecule has 25 heavy (non-hydrogen) atoms. The quantitative estimate of drug-likeness (QED) is 0.841. The number of carbonyl (C=O) groups is 1. The molecule has 3 heterocycles. The summed E-state index contributed by atoms with van der Waals surface area (Å²) in [6.07, 6.45) is 5.84. The molecule has 4 rings (SSSR count). The predicted molar refractivity (Wildman–Crippen MR) is 91.1 cm³/mol. The average molecular weight is 349 g/mol. The number of hydrogen-bond acceptors (Lipinski definition) is 5. The van der Waals surface area contributed by atoms with Gasteiger partial charge < -0.3 is 24.2 Å². The zero-order chi connectivity index (χ0) is 17.2. The minimum Gasteiger partial charge on any atom is -0.390 e. The molecule has 0 unspecified atom stereocenters. The first-order chi connectivity index (χ1) is 12.2. The van der Waals surface area contributed by atoms with E-state index in [-0.39, 0.29) is 6.03 Å². The molecule has 8 nitrogen and oxygen atoms in total. The van der Waals surface area contributed by atoms with Crippen LogP contribution in [0.3, 0.4) is 0 Å². The molecular formula is C17H27N5O3. The summed E-state index contributed by atoms with van der Waals surface area (Å²) in [6, 6.07) is 0.623. The highest BCUT2D eigenvalue weighted by Gasteiger charge is 2.30. The molecule has 0 bridgehead atoms. The molecule has 8 heteroatoms. The van der Waals surface area contributed by atoms with Crippen LogP contribution in [0.5, 0.6) is 0 Å². The van der Waals surface area contributed by atoms with Crippen LogP contribution in [-0.2, 0) is 11.3 Å². The molecule has 1 saturated carbocycles. The lowest BCUT2D eigenvalue weighted by molar-refractivity contribution is 0.0398. The number of urea groups is 1. The van der Waals surface area contributed by atoms with Crippen molar-refractivity contribution < 1.29 is 14.6 Å². The number of nitrogens with zero attached hydrogens (tertiary/aromatic N) is 5. The maximum atomic E-state index is 12.7. The van der Waals surface area contributed by atoms with Gasteiger partial charge in [0.2, 0.25) is 0 Å². The lowest BCUT2D eigenvalue weighted by atomic mass is 10.3. The Kier molecular flexibility index (Phi) is 4.91. The normalized spacial score (nSPS) is 25.9. The van der Waals surface area contributed by atoms with Crippen LogP contribution in [0.15, 0.2) is 12.4 Å². The van der Waals surface area contributed by atoms with E-state index in [1.807, 2.05) is 11.1 Å². The number of aliphatic hydroxyl groups excluding tert-OH is 1. The van der Waals surface area contributed by atoms with Crippen LogP contribution >= 0.6 is 0 Å². The molecule has 2 saturated heterocycles. The van der Waals surface area contributed by atoms with Gasteiger partial charge in [-0.1, -0.05) is 0 Å². The molecular weight excluding hydrogens is 322 g/mol. The van der Waals surface area contributed by atoms with Crippen LogP contribution in [0.25, 0.3) is 0 Å². The second-order valence-electron chi connectivity index (χ2n) is 7.20. The van der Waals surface area contributed by atoms with Crippen molar-refractivity contribution in [1.82, 2.24) is 24.3 Å². The topological polar surface area (TPSA) is 74.1 Å². The summed E-state index contributed by atoms with van der Waals surface area (Å²) in [5, 5.41) is 10.4. The van der Waals surface area contributed by atoms with Gasteiger partial charge in [0, 0.05) is 57.7 Å². The van der Waals surface area contributed by atoms with Gasteiger partial charge in [-0.2, -0.15) is 0 Å². The van der Waals surface area contributed by atoms with Crippen molar-refractivity contribution in [3.63, 3.8) is 0 Å². The standard InChI is InChI=1S/C17H27N5O3/c23-15-11-19(13-16-18-3-4-22(16)14-1-2-14)5-6-21(12-15)17(24)20-7-9-25-10-8-20/h3-4,14-15,23H,1-2,5-13H2/t15-/m1/s1. The van der Waals surface area contributed by atoms with Crippen molar-refractivity contribution in [2.24, 2.45) is 0 Å². The van der Waals surface area contributed by atoms with E-state index in [9.17, 15) is 9.90 Å². The van der Waals surface area contributed by atoms with Crippen LogP contribution < -0.4 is 0 Å². The summed E-state index contributed by atoms with van der Waals surface area (Å²) < 4.78 is 7.57. The second kappa shape index (κ2) is 7.31. The van der Waals surface area contributed by atoms with Crippen LogP contribution in [0.4, 0.5) is 4.79 Å². The van der Waals surface area contributed by atoms with Crippen LogP contribution in [0.2, 0.25) is 0 Å². The van der Waals surface area contributed by atoms with Crippen molar-refractivity contribution in [2.45, 2.75) is 31.5 Å². The summed E-state index contributed by atoms with van der Waals surface area (Å²) in [7, 11) is 0. The number of hydrogen-bond donors (Lipinski definition) is 1. The second-order valence-corrected chi connectivity index (χ2v) is 7.20. The van der Waals surface area contributed by atoms with E-state index in [0.717, 1.165) is 18.9 Å². The highest BCUT2D eigenvalue weighted by Crippen LogP contribution is 2.35. The zero-order valence-corrected chi connectivity index (χ0v) is 14.6. The van der Waals surface area contributed by atoms with Gasteiger partial charge in [0.25, 0.3) is 0 Å². The Morgan fingerprint density at radius 1 is 1.16 bits per heavy atom. The smallest absolute Gasteiger partial charge is 0.320 e. The molecule has 3 aliphatic rings. The lowest BCUT2D eigenvalue weighted by Gasteiger charge is -2.32. The lowest BCUT2D eigenvalue weighted by Crippen LogP contribution is -2.50.